The van der Waals surface area contributed by atoms with Gasteiger partial charge in [0.15, 0.2) is 5.76 Å². The molecule has 0 N–H and O–H groups in total. The predicted octanol–water partition coefficient (Wildman–Crippen LogP) is 4.23. The van der Waals surface area contributed by atoms with Crippen molar-refractivity contribution in [3.8, 4) is 22.8 Å². The zero-order chi connectivity index (χ0) is 14.8. The van der Waals surface area contributed by atoms with E-state index in [1.54, 1.807) is 18.3 Å². The molecule has 21 heavy (non-hydrogen) atoms. The summed E-state index contributed by atoms with van der Waals surface area (Å²) >= 11 is 0. The summed E-state index contributed by atoms with van der Waals surface area (Å²) in [4.78, 5) is 14.5. The minimum atomic E-state index is -0.429. The van der Waals surface area contributed by atoms with E-state index < -0.39 is 4.92 Å². The number of aryl methyl sites for hydroxylation is 1. The zero-order valence-electron chi connectivity index (χ0n) is 11.3. The van der Waals surface area contributed by atoms with Gasteiger partial charge in [0, 0.05) is 23.3 Å². The highest BCUT2D eigenvalue weighted by Gasteiger charge is 2.10. The first-order chi connectivity index (χ1) is 10.1. The lowest BCUT2D eigenvalue weighted by Crippen LogP contribution is -1.86. The molecule has 3 rings (SSSR count). The Bertz CT molecular complexity index is 774. The average molecular weight is 280 g/mol. The van der Waals surface area contributed by atoms with Gasteiger partial charge < -0.3 is 4.42 Å². The van der Waals surface area contributed by atoms with Gasteiger partial charge in [-0.25, -0.2) is 4.98 Å². The van der Waals surface area contributed by atoms with Gasteiger partial charge >= 0.3 is 0 Å². The minimum absolute atomic E-state index is 0.0528. The van der Waals surface area contributed by atoms with E-state index in [-0.39, 0.29) is 5.69 Å². The van der Waals surface area contributed by atoms with Crippen LogP contribution in [-0.4, -0.2) is 9.91 Å². The largest absolute Gasteiger partial charge is 0.436 e. The standard InChI is InChI=1S/C16H12N2O3/c1-11-2-4-13(5-3-11)16-17-10-15(21-16)12-6-8-14(9-7-12)18(19)20/h2-10H,1H3. The number of hydrogen-bond donors (Lipinski definition) is 0. The number of nitrogens with zero attached hydrogens (tertiary/aromatic N) is 2. The Hall–Kier alpha value is -2.95. The van der Waals surface area contributed by atoms with E-state index in [0.29, 0.717) is 11.7 Å². The Morgan fingerprint density at radius 3 is 2.24 bits per heavy atom. The molecule has 0 saturated carbocycles. The van der Waals surface area contributed by atoms with Gasteiger partial charge in [-0.2, -0.15) is 0 Å². The summed E-state index contributed by atoms with van der Waals surface area (Å²) in [6, 6.07) is 14.1. The SMILES string of the molecule is Cc1ccc(-c2ncc(-c3ccc([N+](=O)[O-])cc3)o2)cc1. The van der Waals surface area contributed by atoms with Crippen molar-refractivity contribution in [3.05, 3.63) is 70.4 Å². The van der Waals surface area contributed by atoms with Crippen molar-refractivity contribution in [3.63, 3.8) is 0 Å². The van der Waals surface area contributed by atoms with E-state index in [9.17, 15) is 10.1 Å². The number of nitro groups is 1. The molecule has 3 aromatic rings. The molecule has 5 heteroatoms. The molecule has 0 radical (unpaired) electrons. The number of rotatable bonds is 3. The molecule has 0 aliphatic carbocycles. The van der Waals surface area contributed by atoms with Gasteiger partial charge in [0.05, 0.1) is 11.1 Å². The van der Waals surface area contributed by atoms with Gasteiger partial charge in [-0.15, -0.1) is 0 Å². The highest BCUT2D eigenvalue weighted by Crippen LogP contribution is 2.27. The van der Waals surface area contributed by atoms with Gasteiger partial charge in [-0.1, -0.05) is 17.7 Å². The third-order valence-electron chi connectivity index (χ3n) is 3.17. The molecule has 0 fully saturated rings. The van der Waals surface area contributed by atoms with Crippen LogP contribution >= 0.6 is 0 Å². The fourth-order valence-corrected chi connectivity index (χ4v) is 1.98. The Balaban J connectivity index is 1.90. The van der Waals surface area contributed by atoms with E-state index in [1.165, 1.54) is 17.7 Å². The lowest BCUT2D eigenvalue weighted by molar-refractivity contribution is -0.384. The van der Waals surface area contributed by atoms with Crippen molar-refractivity contribution < 1.29 is 9.34 Å². The third-order valence-corrected chi connectivity index (χ3v) is 3.17. The van der Waals surface area contributed by atoms with Gasteiger partial charge in [-0.3, -0.25) is 10.1 Å². The summed E-state index contributed by atoms with van der Waals surface area (Å²) in [5.41, 5.74) is 2.87. The Labute approximate surface area is 121 Å². The van der Waals surface area contributed by atoms with Crippen molar-refractivity contribution >= 4 is 5.69 Å². The molecule has 0 saturated heterocycles. The highest BCUT2D eigenvalue weighted by molar-refractivity contribution is 5.62. The number of aromatic nitrogens is 1. The van der Waals surface area contributed by atoms with Gasteiger partial charge in [0.2, 0.25) is 5.89 Å². The summed E-state index contributed by atoms with van der Waals surface area (Å²) in [5, 5.41) is 10.6. The monoisotopic (exact) mass is 280 g/mol. The van der Waals surface area contributed by atoms with Crippen LogP contribution in [0.15, 0.2) is 59.1 Å². The Morgan fingerprint density at radius 1 is 1.00 bits per heavy atom. The molecule has 0 aliphatic rings. The van der Waals surface area contributed by atoms with E-state index in [1.807, 2.05) is 31.2 Å². The van der Waals surface area contributed by atoms with Crippen LogP contribution in [0.5, 0.6) is 0 Å². The predicted molar refractivity (Wildman–Crippen MR) is 78.8 cm³/mol. The molecule has 0 spiro atoms. The maximum atomic E-state index is 10.6. The number of nitro benzene ring substituents is 1. The summed E-state index contributed by atoms with van der Waals surface area (Å²) in [7, 11) is 0. The smallest absolute Gasteiger partial charge is 0.269 e. The van der Waals surface area contributed by atoms with Crippen molar-refractivity contribution in [2.45, 2.75) is 6.92 Å². The maximum absolute atomic E-state index is 10.6. The molecular formula is C16H12N2O3. The van der Waals surface area contributed by atoms with Crippen LogP contribution in [0.3, 0.4) is 0 Å². The summed E-state index contributed by atoms with van der Waals surface area (Å²) < 4.78 is 5.71. The van der Waals surface area contributed by atoms with Crippen LogP contribution < -0.4 is 0 Å². The van der Waals surface area contributed by atoms with Crippen molar-refractivity contribution in [1.82, 2.24) is 4.98 Å². The van der Waals surface area contributed by atoms with E-state index in [0.717, 1.165) is 11.1 Å². The van der Waals surface area contributed by atoms with Crippen LogP contribution in [0.25, 0.3) is 22.8 Å². The zero-order valence-corrected chi connectivity index (χ0v) is 11.3. The van der Waals surface area contributed by atoms with E-state index >= 15 is 0 Å². The summed E-state index contributed by atoms with van der Waals surface area (Å²) in [6.07, 6.45) is 1.62. The minimum Gasteiger partial charge on any atom is -0.436 e. The average Bonchev–Trinajstić information content (AvgIpc) is 2.98. The number of oxazole rings is 1. The first-order valence-corrected chi connectivity index (χ1v) is 6.41. The quantitative estimate of drug-likeness (QED) is 0.532. The molecule has 1 heterocycles. The summed E-state index contributed by atoms with van der Waals surface area (Å²) in [6.45, 7) is 2.02. The first kappa shape index (κ1) is 13.1. The fourth-order valence-electron chi connectivity index (χ4n) is 1.98. The van der Waals surface area contributed by atoms with Crippen LogP contribution in [0.2, 0.25) is 0 Å². The Kier molecular flexibility index (Phi) is 3.23. The van der Waals surface area contributed by atoms with E-state index in [4.69, 9.17) is 4.42 Å². The molecule has 0 aliphatic heterocycles. The molecule has 2 aromatic carbocycles. The second kappa shape index (κ2) is 5.20. The normalized spacial score (nSPS) is 10.5. The second-order valence-corrected chi connectivity index (χ2v) is 4.70. The van der Waals surface area contributed by atoms with Crippen molar-refractivity contribution in [1.29, 1.82) is 0 Å². The summed E-state index contributed by atoms with van der Waals surface area (Å²) in [5.74, 6) is 1.11. The number of benzene rings is 2. The molecule has 5 nitrogen and oxygen atoms in total. The number of non-ortho nitro benzene ring substituents is 1. The topological polar surface area (TPSA) is 69.2 Å². The number of hydrogen-bond acceptors (Lipinski definition) is 4. The Morgan fingerprint density at radius 2 is 1.62 bits per heavy atom. The van der Waals surface area contributed by atoms with Crippen LogP contribution in [0.1, 0.15) is 5.56 Å². The first-order valence-electron chi connectivity index (χ1n) is 6.41. The second-order valence-electron chi connectivity index (χ2n) is 4.70. The molecule has 0 amide bonds. The fraction of sp³-hybridized carbons (Fsp3) is 0.0625. The van der Waals surface area contributed by atoms with Gasteiger partial charge in [-0.05, 0) is 31.2 Å². The van der Waals surface area contributed by atoms with Crippen molar-refractivity contribution in [2.24, 2.45) is 0 Å². The van der Waals surface area contributed by atoms with Crippen LogP contribution in [-0.2, 0) is 0 Å². The highest BCUT2D eigenvalue weighted by atomic mass is 16.6. The lowest BCUT2D eigenvalue weighted by atomic mass is 10.1. The van der Waals surface area contributed by atoms with Crippen LogP contribution in [0.4, 0.5) is 5.69 Å². The molecule has 104 valence electrons. The van der Waals surface area contributed by atoms with Crippen molar-refractivity contribution in [2.75, 3.05) is 0 Å². The lowest BCUT2D eigenvalue weighted by Gasteiger charge is -1.98. The molecular weight excluding hydrogens is 268 g/mol. The van der Waals surface area contributed by atoms with E-state index in [2.05, 4.69) is 4.98 Å². The molecule has 1 aromatic heterocycles. The van der Waals surface area contributed by atoms with Crippen LogP contribution in [0, 0.1) is 17.0 Å². The maximum Gasteiger partial charge on any atom is 0.269 e. The molecule has 0 bridgehead atoms. The van der Waals surface area contributed by atoms with Gasteiger partial charge in [0.25, 0.3) is 5.69 Å². The molecule has 0 unspecified atom stereocenters. The molecule has 0 atom stereocenters. The third kappa shape index (κ3) is 2.67. The van der Waals surface area contributed by atoms with Gasteiger partial charge in [0.1, 0.15) is 0 Å².